The number of hydrogen-bond acceptors (Lipinski definition) is 2. The van der Waals surface area contributed by atoms with Crippen LogP contribution in [0.25, 0.3) is 21.7 Å². The summed E-state index contributed by atoms with van der Waals surface area (Å²) < 4.78 is 5.74. The van der Waals surface area contributed by atoms with Crippen molar-refractivity contribution in [2.24, 2.45) is 0 Å². The molecule has 0 atom stereocenters. The summed E-state index contributed by atoms with van der Waals surface area (Å²) in [7, 11) is 0. The van der Waals surface area contributed by atoms with Crippen molar-refractivity contribution in [2.45, 2.75) is 13.5 Å². The van der Waals surface area contributed by atoms with Crippen molar-refractivity contribution in [1.82, 2.24) is 5.32 Å². The number of hydrogen-bond donors (Lipinski definition) is 1. The lowest BCUT2D eigenvalue weighted by molar-refractivity contribution is 0.0925. The number of benzene rings is 3. The highest BCUT2D eigenvalue weighted by atomic mass is 16.3. The maximum Gasteiger partial charge on any atom is 0.287 e. The molecule has 0 aliphatic heterocycles. The van der Waals surface area contributed by atoms with Crippen LogP contribution in [0.15, 0.2) is 71.1 Å². The summed E-state index contributed by atoms with van der Waals surface area (Å²) in [6.45, 7) is 2.52. The average molecular weight is 315 g/mol. The molecule has 0 unspecified atom stereocenters. The van der Waals surface area contributed by atoms with Gasteiger partial charge in [-0.15, -0.1) is 0 Å². The predicted octanol–water partition coefficient (Wildman–Crippen LogP) is 4.82. The molecule has 118 valence electrons. The van der Waals surface area contributed by atoms with Crippen LogP contribution in [0.2, 0.25) is 0 Å². The van der Waals surface area contributed by atoms with Gasteiger partial charge in [0, 0.05) is 11.9 Å². The lowest BCUT2D eigenvalue weighted by Gasteiger charge is -2.04. The first kappa shape index (κ1) is 14.5. The van der Waals surface area contributed by atoms with Gasteiger partial charge in [0.25, 0.3) is 5.91 Å². The molecule has 24 heavy (non-hydrogen) atoms. The molecule has 0 saturated heterocycles. The van der Waals surface area contributed by atoms with Crippen molar-refractivity contribution >= 4 is 27.6 Å². The standard InChI is InChI=1S/C21H17NO2/c1-14-5-4-6-15(11-14)13-22-21(23)20-12-18-17-8-3-2-7-16(17)9-10-19(18)24-20/h2-12H,13H2,1H3,(H,22,23). The van der Waals surface area contributed by atoms with Crippen LogP contribution in [0.5, 0.6) is 0 Å². The average Bonchev–Trinajstić information content (AvgIpc) is 3.04. The van der Waals surface area contributed by atoms with E-state index < -0.39 is 0 Å². The summed E-state index contributed by atoms with van der Waals surface area (Å²) in [6, 6.07) is 21.9. The fourth-order valence-electron chi connectivity index (χ4n) is 3.00. The highest BCUT2D eigenvalue weighted by Crippen LogP contribution is 2.28. The Morgan fingerprint density at radius 2 is 1.83 bits per heavy atom. The maximum atomic E-state index is 12.4. The van der Waals surface area contributed by atoms with Crippen LogP contribution >= 0.6 is 0 Å². The summed E-state index contributed by atoms with van der Waals surface area (Å²) in [5.74, 6) is 0.144. The van der Waals surface area contributed by atoms with Gasteiger partial charge < -0.3 is 9.73 Å². The van der Waals surface area contributed by atoms with Gasteiger partial charge in [-0.1, -0.05) is 60.2 Å². The Bertz CT molecular complexity index is 1050. The van der Waals surface area contributed by atoms with E-state index in [9.17, 15) is 4.79 Å². The van der Waals surface area contributed by atoms with Gasteiger partial charge in [-0.25, -0.2) is 0 Å². The van der Waals surface area contributed by atoms with Crippen molar-refractivity contribution < 1.29 is 9.21 Å². The quantitative estimate of drug-likeness (QED) is 0.588. The molecule has 4 rings (SSSR count). The number of rotatable bonds is 3. The first-order chi connectivity index (χ1) is 11.7. The van der Waals surface area contributed by atoms with E-state index in [0.717, 1.165) is 27.3 Å². The van der Waals surface area contributed by atoms with Crippen molar-refractivity contribution in [1.29, 1.82) is 0 Å². The Balaban J connectivity index is 1.61. The molecule has 0 saturated carbocycles. The fraction of sp³-hybridized carbons (Fsp3) is 0.0952. The molecule has 0 aliphatic rings. The second kappa shape index (κ2) is 5.85. The first-order valence-corrected chi connectivity index (χ1v) is 7.96. The van der Waals surface area contributed by atoms with Crippen molar-refractivity contribution in [2.75, 3.05) is 0 Å². The van der Waals surface area contributed by atoms with Crippen LogP contribution < -0.4 is 5.32 Å². The first-order valence-electron chi connectivity index (χ1n) is 7.96. The minimum Gasteiger partial charge on any atom is -0.451 e. The largest absolute Gasteiger partial charge is 0.451 e. The second-order valence-corrected chi connectivity index (χ2v) is 5.98. The molecule has 0 spiro atoms. The minimum atomic E-state index is -0.197. The normalized spacial score (nSPS) is 11.0. The zero-order valence-corrected chi connectivity index (χ0v) is 13.4. The predicted molar refractivity (Wildman–Crippen MR) is 96.1 cm³/mol. The molecule has 4 aromatic rings. The zero-order chi connectivity index (χ0) is 16.5. The SMILES string of the molecule is Cc1cccc(CNC(=O)c2cc3c(ccc4ccccc43)o2)c1. The maximum absolute atomic E-state index is 12.4. The lowest BCUT2D eigenvalue weighted by atomic mass is 10.1. The highest BCUT2D eigenvalue weighted by molar-refractivity contribution is 6.08. The number of amides is 1. The zero-order valence-electron chi connectivity index (χ0n) is 13.4. The monoisotopic (exact) mass is 315 g/mol. The molecule has 0 radical (unpaired) electrons. The lowest BCUT2D eigenvalue weighted by Crippen LogP contribution is -2.22. The van der Waals surface area contributed by atoms with Gasteiger partial charge >= 0.3 is 0 Å². The molecule has 3 aromatic carbocycles. The fourth-order valence-corrected chi connectivity index (χ4v) is 3.00. The Labute approximate surface area is 139 Å². The van der Waals surface area contributed by atoms with E-state index in [1.54, 1.807) is 0 Å². The van der Waals surface area contributed by atoms with E-state index in [4.69, 9.17) is 4.42 Å². The molecule has 3 nitrogen and oxygen atoms in total. The van der Waals surface area contributed by atoms with E-state index >= 15 is 0 Å². The molecule has 0 fully saturated rings. The molecule has 0 bridgehead atoms. The van der Waals surface area contributed by atoms with Gasteiger partial charge in [0.2, 0.25) is 0 Å². The number of carbonyl (C=O) groups excluding carboxylic acids is 1. The van der Waals surface area contributed by atoms with Gasteiger partial charge in [-0.05, 0) is 35.4 Å². The van der Waals surface area contributed by atoms with E-state index in [1.807, 2.05) is 61.5 Å². The second-order valence-electron chi connectivity index (χ2n) is 5.98. The number of aryl methyl sites for hydroxylation is 1. The number of fused-ring (bicyclic) bond motifs is 3. The Morgan fingerprint density at radius 3 is 2.71 bits per heavy atom. The molecule has 1 aromatic heterocycles. The van der Waals surface area contributed by atoms with Gasteiger partial charge in [0.05, 0.1) is 0 Å². The summed E-state index contributed by atoms with van der Waals surface area (Å²) in [5, 5.41) is 6.12. The van der Waals surface area contributed by atoms with Crippen LogP contribution in [0, 0.1) is 6.92 Å². The van der Waals surface area contributed by atoms with Gasteiger partial charge in [0.15, 0.2) is 5.76 Å². The van der Waals surface area contributed by atoms with E-state index in [1.165, 1.54) is 5.56 Å². The van der Waals surface area contributed by atoms with Crippen LogP contribution in [0.1, 0.15) is 21.7 Å². The molecular weight excluding hydrogens is 298 g/mol. The number of carbonyl (C=O) groups is 1. The van der Waals surface area contributed by atoms with Gasteiger partial charge in [-0.3, -0.25) is 4.79 Å². The van der Waals surface area contributed by atoms with Crippen LogP contribution in [-0.2, 0) is 6.54 Å². The molecule has 0 aliphatic carbocycles. The minimum absolute atomic E-state index is 0.197. The summed E-state index contributed by atoms with van der Waals surface area (Å²) >= 11 is 0. The topological polar surface area (TPSA) is 42.2 Å². The smallest absolute Gasteiger partial charge is 0.287 e. The number of furan rings is 1. The highest BCUT2D eigenvalue weighted by Gasteiger charge is 2.13. The van der Waals surface area contributed by atoms with E-state index in [0.29, 0.717) is 12.3 Å². The van der Waals surface area contributed by atoms with Crippen LogP contribution in [0.4, 0.5) is 0 Å². The van der Waals surface area contributed by atoms with Crippen LogP contribution in [0.3, 0.4) is 0 Å². The summed E-state index contributed by atoms with van der Waals surface area (Å²) in [5.41, 5.74) is 2.98. The molecule has 1 amide bonds. The van der Waals surface area contributed by atoms with Crippen molar-refractivity contribution in [3.63, 3.8) is 0 Å². The van der Waals surface area contributed by atoms with Crippen LogP contribution in [-0.4, -0.2) is 5.91 Å². The van der Waals surface area contributed by atoms with Gasteiger partial charge in [-0.2, -0.15) is 0 Å². The Hall–Kier alpha value is -3.07. The van der Waals surface area contributed by atoms with E-state index in [2.05, 4.69) is 17.4 Å². The molecular formula is C21H17NO2. The number of nitrogens with one attached hydrogen (secondary N) is 1. The summed E-state index contributed by atoms with van der Waals surface area (Å²) in [4.78, 5) is 12.4. The third kappa shape index (κ3) is 2.65. The Kier molecular flexibility index (Phi) is 3.54. The Morgan fingerprint density at radius 1 is 0.958 bits per heavy atom. The van der Waals surface area contributed by atoms with Crippen molar-refractivity contribution in [3.05, 3.63) is 83.6 Å². The van der Waals surface area contributed by atoms with Crippen molar-refractivity contribution in [3.8, 4) is 0 Å². The third-order valence-corrected chi connectivity index (χ3v) is 4.19. The molecule has 3 heteroatoms. The molecule has 1 heterocycles. The van der Waals surface area contributed by atoms with E-state index in [-0.39, 0.29) is 5.91 Å². The molecule has 1 N–H and O–H groups in total. The third-order valence-electron chi connectivity index (χ3n) is 4.19. The van der Waals surface area contributed by atoms with Gasteiger partial charge in [0.1, 0.15) is 5.58 Å². The summed E-state index contributed by atoms with van der Waals surface area (Å²) in [6.07, 6.45) is 0.